The Bertz CT molecular complexity index is 622. The minimum atomic E-state index is -0.156. The molecule has 5 heteroatoms. The maximum Gasteiger partial charge on any atom is 0.139 e. The van der Waals surface area contributed by atoms with Gasteiger partial charge in [-0.25, -0.2) is 9.97 Å². The number of methoxy groups -OCH3 is 1. The van der Waals surface area contributed by atoms with E-state index in [-0.39, 0.29) is 6.04 Å². The van der Waals surface area contributed by atoms with Crippen molar-refractivity contribution in [3.63, 3.8) is 0 Å². The Morgan fingerprint density at radius 2 is 2.00 bits per heavy atom. The van der Waals surface area contributed by atoms with E-state index in [0.29, 0.717) is 0 Å². The Balaban J connectivity index is 1.90. The largest absolute Gasteiger partial charge is 0.497 e. The molecule has 1 unspecified atom stereocenters. The summed E-state index contributed by atoms with van der Waals surface area (Å²) in [4.78, 5) is 8.47. The summed E-state index contributed by atoms with van der Waals surface area (Å²) in [7, 11) is 1.64. The predicted molar refractivity (Wildman–Crippen MR) is 74.3 cm³/mol. The summed E-state index contributed by atoms with van der Waals surface area (Å²) in [5, 5.41) is 3.26. The highest BCUT2D eigenvalue weighted by Gasteiger charge is 2.19. The van der Waals surface area contributed by atoms with Crippen molar-refractivity contribution < 1.29 is 4.74 Å². The van der Waals surface area contributed by atoms with Gasteiger partial charge < -0.3 is 15.8 Å². The number of ether oxygens (including phenoxy) is 1. The third kappa shape index (κ3) is 2.15. The molecule has 1 heterocycles. The molecule has 0 amide bonds. The van der Waals surface area contributed by atoms with Gasteiger partial charge in [0.1, 0.15) is 17.9 Å². The van der Waals surface area contributed by atoms with Crippen molar-refractivity contribution in [3.05, 3.63) is 47.9 Å². The van der Waals surface area contributed by atoms with Crippen LogP contribution in [0, 0.1) is 0 Å². The second-order valence-electron chi connectivity index (χ2n) is 4.26. The number of anilines is 2. The molecule has 3 N–H and O–H groups in total. The molecule has 0 spiro atoms. The molecule has 0 fully saturated rings. The summed E-state index contributed by atoms with van der Waals surface area (Å²) < 4.78 is 5.13. The van der Waals surface area contributed by atoms with Crippen molar-refractivity contribution >= 4 is 17.6 Å². The first-order valence-electron chi connectivity index (χ1n) is 5.97. The zero-order valence-corrected chi connectivity index (χ0v) is 10.5. The maximum absolute atomic E-state index is 6.02. The average molecular weight is 254 g/mol. The van der Waals surface area contributed by atoms with Crippen LogP contribution in [0.2, 0.25) is 0 Å². The molecule has 1 aromatic carbocycles. The van der Waals surface area contributed by atoms with E-state index in [4.69, 9.17) is 10.5 Å². The summed E-state index contributed by atoms with van der Waals surface area (Å²) in [6.07, 6.45) is 5.37. The van der Waals surface area contributed by atoms with E-state index in [1.54, 1.807) is 7.11 Å². The average Bonchev–Trinajstić information content (AvgIpc) is 2.83. The normalized spacial score (nSPS) is 16.2. The number of rotatable bonds is 3. The molecule has 0 saturated carbocycles. The fourth-order valence-corrected chi connectivity index (χ4v) is 2.07. The van der Waals surface area contributed by atoms with Crippen molar-refractivity contribution in [1.82, 2.24) is 9.97 Å². The van der Waals surface area contributed by atoms with Crippen LogP contribution in [0.5, 0.6) is 5.75 Å². The molecule has 1 aliphatic rings. The van der Waals surface area contributed by atoms with Gasteiger partial charge >= 0.3 is 0 Å². The molecule has 2 aromatic rings. The number of benzene rings is 1. The number of hydrogen-bond donors (Lipinski definition) is 2. The zero-order valence-electron chi connectivity index (χ0n) is 10.5. The third-order valence-electron chi connectivity index (χ3n) is 3.06. The molecule has 0 radical (unpaired) electrons. The van der Waals surface area contributed by atoms with Crippen LogP contribution >= 0.6 is 0 Å². The van der Waals surface area contributed by atoms with Gasteiger partial charge in [0.2, 0.25) is 0 Å². The van der Waals surface area contributed by atoms with E-state index >= 15 is 0 Å². The van der Waals surface area contributed by atoms with Crippen LogP contribution in [0.3, 0.4) is 0 Å². The summed E-state index contributed by atoms with van der Waals surface area (Å²) in [5.74, 6) is 1.56. The minimum absolute atomic E-state index is 0.156. The summed E-state index contributed by atoms with van der Waals surface area (Å²) in [6.45, 7) is 0. The van der Waals surface area contributed by atoms with Crippen LogP contribution in [0.1, 0.15) is 17.3 Å². The number of nitrogens with zero attached hydrogens (tertiary/aromatic N) is 2. The Labute approximate surface area is 111 Å². The van der Waals surface area contributed by atoms with E-state index in [9.17, 15) is 0 Å². The lowest BCUT2D eigenvalue weighted by Crippen LogP contribution is -2.10. The number of hydrogen-bond acceptors (Lipinski definition) is 5. The Morgan fingerprint density at radius 3 is 2.74 bits per heavy atom. The van der Waals surface area contributed by atoms with Gasteiger partial charge in [-0.15, -0.1) is 0 Å². The standard InChI is InChI=1S/C14H14N4O/c1-19-10-4-2-9(3-5-10)18-14-13-11(15)6-7-12(13)16-8-17-14/h2-8,11H,15H2,1H3,(H,16,17,18). The van der Waals surface area contributed by atoms with E-state index < -0.39 is 0 Å². The van der Waals surface area contributed by atoms with Gasteiger partial charge in [0.25, 0.3) is 0 Å². The van der Waals surface area contributed by atoms with E-state index in [0.717, 1.165) is 28.5 Å². The summed E-state index contributed by atoms with van der Waals surface area (Å²) >= 11 is 0. The monoisotopic (exact) mass is 254 g/mol. The Kier molecular flexibility index (Phi) is 2.89. The van der Waals surface area contributed by atoms with Crippen LogP contribution in [0.25, 0.3) is 6.08 Å². The highest BCUT2D eigenvalue weighted by Crippen LogP contribution is 2.31. The lowest BCUT2D eigenvalue weighted by atomic mass is 10.1. The summed E-state index contributed by atoms with van der Waals surface area (Å²) in [5.41, 5.74) is 8.75. The highest BCUT2D eigenvalue weighted by molar-refractivity contribution is 5.69. The molecular formula is C14H14N4O. The molecule has 1 atom stereocenters. The number of nitrogens with one attached hydrogen (secondary N) is 1. The maximum atomic E-state index is 6.02. The van der Waals surface area contributed by atoms with Crippen LogP contribution in [0.15, 0.2) is 36.7 Å². The van der Waals surface area contributed by atoms with Crippen LogP contribution in [-0.4, -0.2) is 17.1 Å². The smallest absolute Gasteiger partial charge is 0.139 e. The van der Waals surface area contributed by atoms with E-state index in [1.165, 1.54) is 6.33 Å². The van der Waals surface area contributed by atoms with Crippen molar-refractivity contribution in [1.29, 1.82) is 0 Å². The second kappa shape index (κ2) is 4.70. The lowest BCUT2D eigenvalue weighted by molar-refractivity contribution is 0.415. The van der Waals surface area contributed by atoms with Gasteiger partial charge in [-0.05, 0) is 30.3 Å². The van der Waals surface area contributed by atoms with Crippen molar-refractivity contribution in [3.8, 4) is 5.75 Å². The Hall–Kier alpha value is -2.40. The van der Waals surface area contributed by atoms with Crippen LogP contribution in [0.4, 0.5) is 11.5 Å². The van der Waals surface area contributed by atoms with Crippen molar-refractivity contribution in [2.24, 2.45) is 5.73 Å². The zero-order chi connectivity index (χ0) is 13.2. The molecule has 19 heavy (non-hydrogen) atoms. The lowest BCUT2D eigenvalue weighted by Gasteiger charge is -2.12. The minimum Gasteiger partial charge on any atom is -0.497 e. The quantitative estimate of drug-likeness (QED) is 0.878. The highest BCUT2D eigenvalue weighted by atomic mass is 16.5. The first-order valence-corrected chi connectivity index (χ1v) is 5.97. The molecule has 1 aromatic heterocycles. The fraction of sp³-hybridized carbons (Fsp3) is 0.143. The molecule has 3 rings (SSSR count). The molecule has 0 aliphatic heterocycles. The third-order valence-corrected chi connectivity index (χ3v) is 3.06. The van der Waals surface area contributed by atoms with E-state index in [2.05, 4.69) is 15.3 Å². The number of nitrogens with two attached hydrogens (primary N) is 1. The molecule has 96 valence electrons. The first kappa shape index (κ1) is 11.7. The van der Waals surface area contributed by atoms with Crippen molar-refractivity contribution in [2.45, 2.75) is 6.04 Å². The van der Waals surface area contributed by atoms with Crippen LogP contribution < -0.4 is 15.8 Å². The SMILES string of the molecule is COc1ccc(Nc2ncnc3c2C(N)C=C3)cc1. The van der Waals surface area contributed by atoms with Gasteiger partial charge in [-0.1, -0.05) is 6.08 Å². The number of fused-ring (bicyclic) bond motifs is 1. The first-order chi connectivity index (χ1) is 9.28. The van der Waals surface area contributed by atoms with Gasteiger partial charge in [-0.2, -0.15) is 0 Å². The molecular weight excluding hydrogens is 240 g/mol. The second-order valence-corrected chi connectivity index (χ2v) is 4.26. The van der Waals surface area contributed by atoms with Gasteiger partial charge in [-0.3, -0.25) is 0 Å². The summed E-state index contributed by atoms with van der Waals surface area (Å²) in [6, 6.07) is 7.49. The van der Waals surface area contributed by atoms with Gasteiger partial charge in [0, 0.05) is 11.3 Å². The molecule has 0 bridgehead atoms. The van der Waals surface area contributed by atoms with Gasteiger partial charge in [0.15, 0.2) is 0 Å². The van der Waals surface area contributed by atoms with E-state index in [1.807, 2.05) is 36.4 Å². The Morgan fingerprint density at radius 1 is 1.21 bits per heavy atom. The topological polar surface area (TPSA) is 73.1 Å². The van der Waals surface area contributed by atoms with Crippen molar-refractivity contribution in [2.75, 3.05) is 12.4 Å². The number of aromatic nitrogens is 2. The predicted octanol–water partition coefficient (Wildman–Crippen LogP) is 2.26. The molecule has 1 aliphatic carbocycles. The van der Waals surface area contributed by atoms with Crippen LogP contribution in [-0.2, 0) is 0 Å². The molecule has 5 nitrogen and oxygen atoms in total. The fourth-order valence-electron chi connectivity index (χ4n) is 2.07. The van der Waals surface area contributed by atoms with Gasteiger partial charge in [0.05, 0.1) is 18.8 Å². The molecule has 0 saturated heterocycles.